The lowest BCUT2D eigenvalue weighted by molar-refractivity contribution is 0.245. The molecule has 0 aromatic rings. The van der Waals surface area contributed by atoms with E-state index in [1.54, 1.807) is 15.7 Å². The van der Waals surface area contributed by atoms with E-state index in [1.807, 2.05) is 6.92 Å². The summed E-state index contributed by atoms with van der Waals surface area (Å²) in [6, 6.07) is 0.197. The molecule has 1 aliphatic carbocycles. The Kier molecular flexibility index (Phi) is 6.47. The largest absolute Gasteiger partial charge is 0.316 e. The van der Waals surface area contributed by atoms with Crippen molar-refractivity contribution in [2.24, 2.45) is 5.92 Å². The van der Waals surface area contributed by atoms with Gasteiger partial charge in [-0.15, -0.1) is 0 Å². The van der Waals surface area contributed by atoms with Crippen LogP contribution in [0.15, 0.2) is 0 Å². The monoisotopic (exact) mass is 317 g/mol. The van der Waals surface area contributed by atoms with Gasteiger partial charge in [-0.05, 0) is 44.7 Å². The maximum absolute atomic E-state index is 12.9. The minimum Gasteiger partial charge on any atom is -0.316 e. The highest BCUT2D eigenvalue weighted by Crippen LogP contribution is 2.25. The van der Waals surface area contributed by atoms with Crippen molar-refractivity contribution in [3.05, 3.63) is 0 Å². The van der Waals surface area contributed by atoms with E-state index in [1.165, 1.54) is 6.42 Å². The van der Waals surface area contributed by atoms with Crippen LogP contribution in [-0.4, -0.2) is 56.3 Å². The van der Waals surface area contributed by atoms with Crippen molar-refractivity contribution in [2.75, 3.05) is 33.2 Å². The maximum Gasteiger partial charge on any atom is 0.281 e. The van der Waals surface area contributed by atoms with E-state index >= 15 is 0 Å². The molecule has 2 aliphatic rings. The van der Waals surface area contributed by atoms with Gasteiger partial charge in [0.25, 0.3) is 10.2 Å². The first kappa shape index (κ1) is 17.2. The first-order valence-corrected chi connectivity index (χ1v) is 9.89. The molecule has 0 spiro atoms. The Morgan fingerprint density at radius 3 is 2.38 bits per heavy atom. The zero-order chi connectivity index (χ0) is 15.3. The van der Waals surface area contributed by atoms with Gasteiger partial charge in [-0.25, -0.2) is 0 Å². The molecule has 1 atom stereocenters. The Balaban J connectivity index is 1.99. The molecule has 0 radical (unpaired) electrons. The van der Waals surface area contributed by atoms with E-state index < -0.39 is 10.2 Å². The van der Waals surface area contributed by atoms with E-state index in [0.717, 1.165) is 51.6 Å². The number of hydrogen-bond acceptors (Lipinski definition) is 3. The normalized spacial score (nSPS) is 25.6. The van der Waals surface area contributed by atoms with E-state index in [2.05, 4.69) is 5.32 Å². The smallest absolute Gasteiger partial charge is 0.281 e. The molecule has 0 amide bonds. The van der Waals surface area contributed by atoms with Crippen molar-refractivity contribution >= 4 is 10.2 Å². The Morgan fingerprint density at radius 1 is 1.10 bits per heavy atom. The van der Waals surface area contributed by atoms with Gasteiger partial charge in [-0.3, -0.25) is 0 Å². The van der Waals surface area contributed by atoms with Crippen LogP contribution in [0.25, 0.3) is 0 Å². The van der Waals surface area contributed by atoms with Crippen LogP contribution in [0, 0.1) is 5.92 Å². The predicted molar refractivity (Wildman–Crippen MR) is 86.4 cm³/mol. The van der Waals surface area contributed by atoms with Crippen LogP contribution in [0.1, 0.15) is 51.9 Å². The minimum atomic E-state index is -3.31. The molecule has 5 nitrogen and oxygen atoms in total. The molecule has 0 bridgehead atoms. The molecule has 1 heterocycles. The van der Waals surface area contributed by atoms with E-state index in [4.69, 9.17) is 0 Å². The highest BCUT2D eigenvalue weighted by molar-refractivity contribution is 7.86. The predicted octanol–water partition coefficient (Wildman–Crippen LogP) is 1.82. The van der Waals surface area contributed by atoms with Gasteiger partial charge in [-0.2, -0.15) is 17.0 Å². The van der Waals surface area contributed by atoms with E-state index in [-0.39, 0.29) is 6.04 Å². The SMILES string of the molecule is CCN(CC1CCCNC1)S(=O)(=O)N(C)C1CCCCC1. The van der Waals surface area contributed by atoms with Crippen LogP contribution in [0.2, 0.25) is 0 Å². The molecule has 1 saturated heterocycles. The number of rotatable bonds is 6. The van der Waals surface area contributed by atoms with Gasteiger partial charge in [0.15, 0.2) is 0 Å². The third-order valence-corrected chi connectivity index (χ3v) is 7.08. The topological polar surface area (TPSA) is 52.7 Å². The molecule has 2 fully saturated rings. The average molecular weight is 317 g/mol. The Hall–Kier alpha value is -0.170. The summed E-state index contributed by atoms with van der Waals surface area (Å²) in [5, 5.41) is 3.37. The maximum atomic E-state index is 12.9. The number of nitrogens with one attached hydrogen (secondary N) is 1. The Morgan fingerprint density at radius 2 is 1.81 bits per heavy atom. The van der Waals surface area contributed by atoms with Crippen LogP contribution in [-0.2, 0) is 10.2 Å². The molecule has 1 N–H and O–H groups in total. The first-order chi connectivity index (χ1) is 10.1. The van der Waals surface area contributed by atoms with Crippen LogP contribution < -0.4 is 5.32 Å². The van der Waals surface area contributed by atoms with Crippen molar-refractivity contribution in [3.63, 3.8) is 0 Å². The van der Waals surface area contributed by atoms with Crippen molar-refractivity contribution in [2.45, 2.75) is 57.9 Å². The molecule has 21 heavy (non-hydrogen) atoms. The van der Waals surface area contributed by atoms with Crippen LogP contribution in [0.3, 0.4) is 0 Å². The van der Waals surface area contributed by atoms with Crippen molar-refractivity contribution < 1.29 is 8.42 Å². The molecule has 1 unspecified atom stereocenters. The van der Waals surface area contributed by atoms with Gasteiger partial charge in [-0.1, -0.05) is 26.2 Å². The molecular formula is C15H31N3O2S. The van der Waals surface area contributed by atoms with E-state index in [0.29, 0.717) is 19.0 Å². The summed E-state index contributed by atoms with van der Waals surface area (Å²) < 4.78 is 29.1. The van der Waals surface area contributed by atoms with Crippen molar-refractivity contribution in [1.29, 1.82) is 0 Å². The highest BCUT2D eigenvalue weighted by atomic mass is 32.2. The number of piperidine rings is 1. The second kappa shape index (κ2) is 7.90. The second-order valence-corrected chi connectivity index (χ2v) is 8.47. The fourth-order valence-corrected chi connectivity index (χ4v) is 5.25. The summed E-state index contributed by atoms with van der Waals surface area (Å²) in [6.07, 6.45) is 7.87. The molecule has 0 aromatic carbocycles. The van der Waals surface area contributed by atoms with Gasteiger partial charge in [0.1, 0.15) is 0 Å². The zero-order valence-corrected chi connectivity index (χ0v) is 14.4. The molecular weight excluding hydrogens is 286 g/mol. The second-order valence-electron chi connectivity index (χ2n) is 6.48. The molecule has 1 saturated carbocycles. The molecule has 124 valence electrons. The Labute approximate surface area is 130 Å². The van der Waals surface area contributed by atoms with Crippen molar-refractivity contribution in [1.82, 2.24) is 13.9 Å². The zero-order valence-electron chi connectivity index (χ0n) is 13.6. The highest BCUT2D eigenvalue weighted by Gasteiger charge is 2.33. The third kappa shape index (κ3) is 4.41. The lowest BCUT2D eigenvalue weighted by Crippen LogP contribution is -2.49. The Bertz CT molecular complexity index is 401. The lowest BCUT2D eigenvalue weighted by Gasteiger charge is -2.36. The fourth-order valence-electron chi connectivity index (χ4n) is 3.57. The molecule has 2 rings (SSSR count). The standard InChI is InChI=1S/C15H31N3O2S/c1-3-18(13-14-8-7-11-16-12-14)21(19,20)17(2)15-9-5-4-6-10-15/h14-16H,3-13H2,1-2H3. The van der Waals surface area contributed by atoms with Gasteiger partial charge in [0, 0.05) is 26.2 Å². The van der Waals surface area contributed by atoms with Gasteiger partial charge in [0.2, 0.25) is 0 Å². The van der Waals surface area contributed by atoms with E-state index in [9.17, 15) is 8.42 Å². The number of nitrogens with zero attached hydrogens (tertiary/aromatic N) is 2. The van der Waals surface area contributed by atoms with Crippen LogP contribution in [0.5, 0.6) is 0 Å². The number of hydrogen-bond donors (Lipinski definition) is 1. The summed E-state index contributed by atoms with van der Waals surface area (Å²) in [7, 11) is -1.54. The van der Waals surface area contributed by atoms with Crippen LogP contribution >= 0.6 is 0 Å². The molecule has 6 heteroatoms. The summed E-state index contributed by atoms with van der Waals surface area (Å²) in [5.74, 6) is 0.452. The van der Waals surface area contributed by atoms with Gasteiger partial charge in [0.05, 0.1) is 0 Å². The van der Waals surface area contributed by atoms with Crippen LogP contribution in [0.4, 0.5) is 0 Å². The average Bonchev–Trinajstić information content (AvgIpc) is 2.53. The minimum absolute atomic E-state index is 0.197. The van der Waals surface area contributed by atoms with Gasteiger partial charge < -0.3 is 5.32 Å². The lowest BCUT2D eigenvalue weighted by atomic mass is 9.96. The third-order valence-electron chi connectivity index (χ3n) is 4.99. The quantitative estimate of drug-likeness (QED) is 0.813. The summed E-state index contributed by atoms with van der Waals surface area (Å²) in [5.41, 5.74) is 0. The fraction of sp³-hybridized carbons (Fsp3) is 1.00. The summed E-state index contributed by atoms with van der Waals surface area (Å²) in [4.78, 5) is 0. The summed E-state index contributed by atoms with van der Waals surface area (Å²) >= 11 is 0. The first-order valence-electron chi connectivity index (χ1n) is 8.49. The molecule has 1 aliphatic heterocycles. The van der Waals surface area contributed by atoms with Crippen molar-refractivity contribution in [3.8, 4) is 0 Å². The molecule has 0 aromatic heterocycles. The van der Waals surface area contributed by atoms with Gasteiger partial charge >= 0.3 is 0 Å². The summed E-state index contributed by atoms with van der Waals surface area (Å²) in [6.45, 7) is 5.18.